The first kappa shape index (κ1) is 15.8. The van der Waals surface area contributed by atoms with E-state index in [-0.39, 0.29) is 0 Å². The van der Waals surface area contributed by atoms with E-state index in [0.29, 0.717) is 6.42 Å². The van der Waals surface area contributed by atoms with Gasteiger partial charge in [-0.3, -0.25) is 0 Å². The Labute approximate surface area is 106 Å². The second-order valence-electron chi connectivity index (χ2n) is 4.73. The second-order valence-corrected chi connectivity index (χ2v) is 4.73. The van der Waals surface area contributed by atoms with Crippen LogP contribution in [0.1, 0.15) is 20.3 Å². The monoisotopic (exact) mass is 266 g/mol. The van der Waals surface area contributed by atoms with Crippen molar-refractivity contribution >= 4 is 0 Å². The highest BCUT2D eigenvalue weighted by atomic mass is 16.7. The molecule has 7 heteroatoms. The van der Waals surface area contributed by atoms with Crippen LogP contribution in [0.5, 0.6) is 0 Å². The van der Waals surface area contributed by atoms with E-state index in [4.69, 9.17) is 14.6 Å². The summed E-state index contributed by atoms with van der Waals surface area (Å²) in [7, 11) is 0. The molecule has 1 aliphatic rings. The van der Waals surface area contributed by atoms with Crippen LogP contribution in [0.3, 0.4) is 0 Å². The second kappa shape index (κ2) is 6.76. The summed E-state index contributed by atoms with van der Waals surface area (Å²) in [5.41, 5.74) is 0. The Hall–Kier alpha value is -0.280. The lowest BCUT2D eigenvalue weighted by Gasteiger charge is -2.40. The van der Waals surface area contributed by atoms with Gasteiger partial charge in [-0.15, -0.1) is 0 Å². The van der Waals surface area contributed by atoms with Crippen LogP contribution >= 0.6 is 0 Å². The molecule has 0 amide bonds. The summed E-state index contributed by atoms with van der Waals surface area (Å²) in [5, 5.41) is 47.0. The molecule has 7 nitrogen and oxygen atoms in total. The van der Waals surface area contributed by atoms with Gasteiger partial charge in [0.05, 0.1) is 18.8 Å². The van der Waals surface area contributed by atoms with Crippen molar-refractivity contribution in [1.29, 1.82) is 0 Å². The van der Waals surface area contributed by atoms with Gasteiger partial charge in [-0.1, -0.05) is 0 Å². The highest BCUT2D eigenvalue weighted by Crippen LogP contribution is 2.23. The largest absolute Gasteiger partial charge is 0.394 e. The molecular formula is C11H22O7. The summed E-state index contributed by atoms with van der Waals surface area (Å²) in [6.07, 6.45) is -6.98. The van der Waals surface area contributed by atoms with E-state index in [1.807, 2.05) is 0 Å². The SMILES string of the molecule is C[C@H](O)C[C@H](C)O[C@@H]1O[C@H](CO)[C@@H](O)[C@H](O)[C@H]1O. The lowest BCUT2D eigenvalue weighted by molar-refractivity contribution is -0.311. The standard InChI is InChI=1S/C11H22O7/c1-5(13)3-6(2)17-11-10(16)9(15)8(14)7(4-12)18-11/h5-16H,3-4H2,1-2H3/t5-,6-,7+,8+,9-,10+,11+/m0/s1. The molecule has 0 aromatic carbocycles. The number of ether oxygens (including phenoxy) is 2. The van der Waals surface area contributed by atoms with E-state index in [1.165, 1.54) is 0 Å². The molecule has 1 rings (SSSR count). The maximum atomic E-state index is 9.70. The van der Waals surface area contributed by atoms with Crippen molar-refractivity contribution in [3.63, 3.8) is 0 Å². The molecule has 0 saturated carbocycles. The molecule has 1 aliphatic heterocycles. The number of hydrogen-bond donors (Lipinski definition) is 5. The third-order valence-electron chi connectivity index (χ3n) is 2.89. The molecule has 0 unspecified atom stereocenters. The first-order valence-corrected chi connectivity index (χ1v) is 6.00. The van der Waals surface area contributed by atoms with Gasteiger partial charge in [0, 0.05) is 0 Å². The molecule has 18 heavy (non-hydrogen) atoms. The van der Waals surface area contributed by atoms with Gasteiger partial charge in [-0.05, 0) is 20.3 Å². The zero-order chi connectivity index (χ0) is 13.9. The van der Waals surface area contributed by atoms with E-state index in [0.717, 1.165) is 0 Å². The fourth-order valence-electron chi connectivity index (χ4n) is 1.94. The summed E-state index contributed by atoms with van der Waals surface area (Å²) in [5.74, 6) is 0. The predicted molar refractivity (Wildman–Crippen MR) is 60.6 cm³/mol. The van der Waals surface area contributed by atoms with Gasteiger partial charge in [0.1, 0.15) is 24.4 Å². The van der Waals surface area contributed by atoms with E-state index >= 15 is 0 Å². The summed E-state index contributed by atoms with van der Waals surface area (Å²) in [4.78, 5) is 0. The fraction of sp³-hybridized carbons (Fsp3) is 1.00. The molecule has 0 aliphatic carbocycles. The summed E-state index contributed by atoms with van der Waals surface area (Å²) in [6.45, 7) is 2.80. The zero-order valence-corrected chi connectivity index (χ0v) is 10.5. The number of rotatable bonds is 5. The Morgan fingerprint density at radius 3 is 2.22 bits per heavy atom. The average Bonchev–Trinajstić information content (AvgIpc) is 2.29. The minimum Gasteiger partial charge on any atom is -0.394 e. The molecule has 0 bridgehead atoms. The average molecular weight is 266 g/mol. The molecule has 1 fully saturated rings. The van der Waals surface area contributed by atoms with Crippen molar-refractivity contribution in [2.75, 3.05) is 6.61 Å². The third kappa shape index (κ3) is 3.86. The van der Waals surface area contributed by atoms with Crippen molar-refractivity contribution < 1.29 is 35.0 Å². The molecule has 1 heterocycles. The van der Waals surface area contributed by atoms with Gasteiger partial charge < -0.3 is 35.0 Å². The molecular weight excluding hydrogens is 244 g/mol. The fourth-order valence-corrected chi connectivity index (χ4v) is 1.94. The predicted octanol–water partition coefficient (Wildman–Crippen LogP) is -2.04. The van der Waals surface area contributed by atoms with Crippen molar-refractivity contribution in [3.8, 4) is 0 Å². The van der Waals surface area contributed by atoms with Crippen molar-refractivity contribution in [3.05, 3.63) is 0 Å². The Bertz CT molecular complexity index is 246. The van der Waals surface area contributed by atoms with Gasteiger partial charge in [0.15, 0.2) is 6.29 Å². The van der Waals surface area contributed by atoms with Crippen LogP contribution in [0.2, 0.25) is 0 Å². The van der Waals surface area contributed by atoms with Gasteiger partial charge in [-0.2, -0.15) is 0 Å². The number of hydrogen-bond acceptors (Lipinski definition) is 7. The normalized spacial score (nSPS) is 40.5. The van der Waals surface area contributed by atoms with Gasteiger partial charge in [0.2, 0.25) is 0 Å². The van der Waals surface area contributed by atoms with Crippen LogP contribution in [0.4, 0.5) is 0 Å². The van der Waals surface area contributed by atoms with Crippen LogP contribution in [0.25, 0.3) is 0 Å². The molecule has 5 N–H and O–H groups in total. The van der Waals surface area contributed by atoms with E-state index in [1.54, 1.807) is 13.8 Å². The van der Waals surface area contributed by atoms with Crippen LogP contribution in [0, 0.1) is 0 Å². The molecule has 7 atom stereocenters. The number of aliphatic hydroxyl groups excluding tert-OH is 5. The molecule has 0 aromatic heterocycles. The first-order valence-electron chi connectivity index (χ1n) is 6.00. The Morgan fingerprint density at radius 2 is 1.72 bits per heavy atom. The van der Waals surface area contributed by atoms with Gasteiger partial charge >= 0.3 is 0 Å². The van der Waals surface area contributed by atoms with E-state index in [2.05, 4.69) is 0 Å². The maximum Gasteiger partial charge on any atom is 0.186 e. The molecule has 0 spiro atoms. The molecule has 108 valence electrons. The number of aliphatic hydroxyl groups is 5. The van der Waals surface area contributed by atoms with Crippen LogP contribution in [0.15, 0.2) is 0 Å². The Balaban J connectivity index is 2.58. The minimum atomic E-state index is -1.44. The summed E-state index contributed by atoms with van der Waals surface area (Å²) < 4.78 is 10.5. The van der Waals surface area contributed by atoms with Crippen molar-refractivity contribution in [1.82, 2.24) is 0 Å². The third-order valence-corrected chi connectivity index (χ3v) is 2.89. The lowest BCUT2D eigenvalue weighted by atomic mass is 9.99. The summed E-state index contributed by atoms with van der Waals surface area (Å²) >= 11 is 0. The topological polar surface area (TPSA) is 120 Å². The smallest absolute Gasteiger partial charge is 0.186 e. The highest BCUT2D eigenvalue weighted by molar-refractivity contribution is 4.89. The zero-order valence-electron chi connectivity index (χ0n) is 10.5. The van der Waals surface area contributed by atoms with Crippen LogP contribution in [-0.4, -0.2) is 75.1 Å². The lowest BCUT2D eigenvalue weighted by Crippen LogP contribution is -2.59. The minimum absolute atomic E-state index is 0.342. The Kier molecular flexibility index (Phi) is 5.93. The molecule has 0 radical (unpaired) electrons. The van der Waals surface area contributed by atoms with Crippen LogP contribution in [-0.2, 0) is 9.47 Å². The van der Waals surface area contributed by atoms with E-state index < -0.39 is 49.5 Å². The molecule has 0 aromatic rings. The summed E-state index contributed by atoms with van der Waals surface area (Å²) in [6, 6.07) is 0. The van der Waals surface area contributed by atoms with Crippen LogP contribution < -0.4 is 0 Å². The van der Waals surface area contributed by atoms with Crippen molar-refractivity contribution in [2.24, 2.45) is 0 Å². The maximum absolute atomic E-state index is 9.70. The highest BCUT2D eigenvalue weighted by Gasteiger charge is 2.44. The quantitative estimate of drug-likeness (QED) is 0.389. The molecule has 1 saturated heterocycles. The van der Waals surface area contributed by atoms with Crippen molar-refractivity contribution in [2.45, 2.75) is 63.2 Å². The van der Waals surface area contributed by atoms with E-state index in [9.17, 15) is 20.4 Å². The Morgan fingerprint density at radius 1 is 1.11 bits per heavy atom. The van der Waals surface area contributed by atoms with Gasteiger partial charge in [-0.25, -0.2) is 0 Å². The first-order chi connectivity index (χ1) is 8.36. The van der Waals surface area contributed by atoms with Gasteiger partial charge in [0.25, 0.3) is 0 Å².